The van der Waals surface area contributed by atoms with Crippen LogP contribution in [0.3, 0.4) is 0 Å². The van der Waals surface area contributed by atoms with Crippen LogP contribution in [0.1, 0.15) is 64.5 Å². The van der Waals surface area contributed by atoms with Crippen LogP contribution in [0.4, 0.5) is 23.1 Å². The van der Waals surface area contributed by atoms with Crippen molar-refractivity contribution in [3.63, 3.8) is 0 Å². The molecule has 0 amide bonds. The van der Waals surface area contributed by atoms with Crippen molar-refractivity contribution in [2.75, 3.05) is 30.1 Å². The van der Waals surface area contributed by atoms with Crippen molar-refractivity contribution in [3.8, 4) is 5.75 Å². The average molecular weight is 650 g/mol. The number of nitrogens with zero attached hydrogens (tertiary/aromatic N) is 4. The van der Waals surface area contributed by atoms with E-state index in [9.17, 15) is 5.21 Å². The van der Waals surface area contributed by atoms with Gasteiger partial charge in [0.25, 0.3) is 0 Å². The topological polar surface area (TPSA) is 83.0 Å². The summed E-state index contributed by atoms with van der Waals surface area (Å²) in [4.78, 5) is 12.7. The summed E-state index contributed by atoms with van der Waals surface area (Å²) in [7, 11) is 0. The molecule has 1 aliphatic carbocycles. The van der Waals surface area contributed by atoms with Crippen molar-refractivity contribution in [3.05, 3.63) is 64.8 Å². The van der Waals surface area contributed by atoms with Crippen LogP contribution in [0.2, 0.25) is 5.02 Å². The Kier molecular flexibility index (Phi) is 9.92. The summed E-state index contributed by atoms with van der Waals surface area (Å²) in [5.41, 5.74) is 5.14. The van der Waals surface area contributed by atoms with E-state index < -0.39 is 0 Å². The molecule has 3 heterocycles. The molecule has 2 aliphatic heterocycles. The molecule has 1 atom stereocenters. The smallest absolute Gasteiger partial charge is 0.229 e. The first-order valence-corrected chi connectivity index (χ1v) is 17.3. The van der Waals surface area contributed by atoms with Gasteiger partial charge in [0.15, 0.2) is 5.82 Å². The molecule has 1 saturated heterocycles. The number of benzene rings is 2. The molecule has 2 fully saturated rings. The Morgan fingerprint density at radius 3 is 2.60 bits per heavy atom. The number of halogens is 1. The molecule has 2 aromatic carbocycles. The second kappa shape index (κ2) is 13.9. The minimum Gasteiger partial charge on any atom is -0.489 e. The lowest BCUT2D eigenvalue weighted by atomic mass is 9.76. The van der Waals surface area contributed by atoms with Crippen LogP contribution in [-0.2, 0) is 4.74 Å². The molecule has 45 heavy (non-hydrogen) atoms. The van der Waals surface area contributed by atoms with Crippen molar-refractivity contribution in [1.82, 2.24) is 14.9 Å². The van der Waals surface area contributed by atoms with Gasteiger partial charge in [-0.15, -0.1) is 11.8 Å². The van der Waals surface area contributed by atoms with Gasteiger partial charge in [0.2, 0.25) is 5.95 Å². The van der Waals surface area contributed by atoms with Crippen LogP contribution in [-0.4, -0.2) is 63.3 Å². The van der Waals surface area contributed by atoms with Gasteiger partial charge in [0.05, 0.1) is 42.9 Å². The number of nitrogens with one attached hydrogen (secondary N) is 1. The Morgan fingerprint density at radius 1 is 1.16 bits per heavy atom. The molecular formula is C35H44ClN5O3S. The highest BCUT2D eigenvalue weighted by Crippen LogP contribution is 2.42. The zero-order valence-electron chi connectivity index (χ0n) is 26.8. The van der Waals surface area contributed by atoms with Crippen LogP contribution in [0.15, 0.2) is 53.6 Å². The third-order valence-corrected chi connectivity index (χ3v) is 10.1. The molecule has 8 nitrogen and oxygen atoms in total. The monoisotopic (exact) mass is 649 g/mol. The maximum Gasteiger partial charge on any atom is 0.229 e. The van der Waals surface area contributed by atoms with Gasteiger partial charge < -0.3 is 14.8 Å². The average Bonchev–Trinajstić information content (AvgIpc) is 2.94. The highest BCUT2D eigenvalue weighted by Gasteiger charge is 2.39. The summed E-state index contributed by atoms with van der Waals surface area (Å²) >= 11 is 8.18. The van der Waals surface area contributed by atoms with Crippen molar-refractivity contribution in [2.24, 2.45) is 5.92 Å². The molecule has 3 aromatic rings. The van der Waals surface area contributed by atoms with Crippen molar-refractivity contribution < 1.29 is 14.7 Å². The molecule has 1 saturated carbocycles. The fourth-order valence-electron chi connectivity index (χ4n) is 6.31. The standard InChI is InChI=1S/C35H44ClN5O3S/c1-21(2)44-32-17-27(25-13-14-40(26-19-43-20-26)31(16-25)24-9-8-10-24)23(5)15-29(32)38-35-37-18-28(36)34(39-35)41(42)30-11-6-7-12-33(30)45-22(3)4/h6-7,11-12,15-18,21-22,24,26,31,42H,8-10,13-14,19-20H2,1-5H3,(H,37,38,39). The summed E-state index contributed by atoms with van der Waals surface area (Å²) in [6.07, 6.45) is 8.95. The van der Waals surface area contributed by atoms with E-state index in [1.54, 1.807) is 11.8 Å². The first-order valence-electron chi connectivity index (χ1n) is 16.1. The highest BCUT2D eigenvalue weighted by atomic mass is 35.5. The number of hydrogen-bond acceptors (Lipinski definition) is 9. The van der Waals surface area contributed by atoms with E-state index in [1.165, 1.54) is 36.6 Å². The Hall–Kier alpha value is -2.82. The summed E-state index contributed by atoms with van der Waals surface area (Å²) in [6.45, 7) is 13.2. The van der Waals surface area contributed by atoms with E-state index in [2.05, 4.69) is 59.2 Å². The summed E-state index contributed by atoms with van der Waals surface area (Å²) in [5.74, 6) is 1.97. The molecule has 0 radical (unpaired) electrons. The van der Waals surface area contributed by atoms with E-state index in [0.717, 1.165) is 59.1 Å². The predicted molar refractivity (Wildman–Crippen MR) is 184 cm³/mol. The first kappa shape index (κ1) is 32.1. The zero-order valence-corrected chi connectivity index (χ0v) is 28.4. The fraction of sp³-hybridized carbons (Fsp3) is 0.486. The number of aromatic nitrogens is 2. The lowest BCUT2D eigenvalue weighted by Gasteiger charge is -2.48. The number of thioether (sulfide) groups is 1. The van der Waals surface area contributed by atoms with E-state index in [4.69, 9.17) is 21.1 Å². The van der Waals surface area contributed by atoms with Gasteiger partial charge in [-0.25, -0.2) is 10.0 Å². The lowest BCUT2D eigenvalue weighted by Crippen LogP contribution is -2.57. The maximum absolute atomic E-state index is 11.3. The number of hydrogen-bond donors (Lipinski definition) is 2. The van der Waals surface area contributed by atoms with Crippen LogP contribution in [0.25, 0.3) is 5.57 Å². The Labute approximate surface area is 276 Å². The minimum atomic E-state index is -0.0251. The fourth-order valence-corrected chi connectivity index (χ4v) is 7.42. The quantitative estimate of drug-likeness (QED) is 0.157. The summed E-state index contributed by atoms with van der Waals surface area (Å²) in [6, 6.07) is 13.0. The Balaban J connectivity index is 1.30. The SMILES string of the molecule is Cc1cc(Nc2ncc(Cl)c(N(O)c3ccccc3SC(C)C)n2)c(OC(C)C)cc1C1=CC(C2CCC2)N(C2COC2)CC1. The van der Waals surface area contributed by atoms with Crippen LogP contribution >= 0.6 is 23.4 Å². The third-order valence-electron chi connectivity index (χ3n) is 8.78. The second-order valence-electron chi connectivity index (χ2n) is 12.8. The van der Waals surface area contributed by atoms with Gasteiger partial charge >= 0.3 is 0 Å². The van der Waals surface area contributed by atoms with Gasteiger partial charge in [-0.05, 0) is 86.9 Å². The summed E-state index contributed by atoms with van der Waals surface area (Å²) in [5, 5.41) is 16.3. The largest absolute Gasteiger partial charge is 0.489 e. The van der Waals surface area contributed by atoms with Crippen LogP contribution in [0, 0.1) is 12.8 Å². The highest BCUT2D eigenvalue weighted by molar-refractivity contribution is 8.00. The van der Waals surface area contributed by atoms with Gasteiger partial charge in [-0.3, -0.25) is 10.1 Å². The van der Waals surface area contributed by atoms with Crippen molar-refractivity contribution >= 4 is 52.1 Å². The maximum atomic E-state index is 11.3. The number of aryl methyl sites for hydroxylation is 1. The molecule has 2 N–H and O–H groups in total. The Morgan fingerprint density at radius 2 is 1.93 bits per heavy atom. The van der Waals surface area contributed by atoms with Crippen LogP contribution < -0.4 is 15.1 Å². The minimum absolute atomic E-state index is 0.0251. The first-order chi connectivity index (χ1) is 21.7. The lowest BCUT2D eigenvalue weighted by molar-refractivity contribution is -0.0851. The number of para-hydroxylation sites is 1. The van der Waals surface area contributed by atoms with E-state index >= 15 is 0 Å². The van der Waals surface area contributed by atoms with Gasteiger partial charge in [0, 0.05) is 22.7 Å². The Bertz CT molecular complexity index is 1540. The summed E-state index contributed by atoms with van der Waals surface area (Å²) < 4.78 is 11.9. The van der Waals surface area contributed by atoms with Gasteiger partial charge in [-0.1, -0.05) is 50.1 Å². The normalized spacial score (nSPS) is 19.3. The van der Waals surface area contributed by atoms with Gasteiger partial charge in [-0.2, -0.15) is 4.98 Å². The molecule has 0 spiro atoms. The molecule has 1 unspecified atom stereocenters. The molecule has 6 rings (SSSR count). The molecular weight excluding hydrogens is 606 g/mol. The molecule has 1 aromatic heterocycles. The molecule has 240 valence electrons. The van der Waals surface area contributed by atoms with Crippen molar-refractivity contribution in [2.45, 2.75) is 88.6 Å². The van der Waals surface area contributed by atoms with E-state index in [1.807, 2.05) is 38.1 Å². The third kappa shape index (κ3) is 7.13. The predicted octanol–water partition coefficient (Wildman–Crippen LogP) is 8.65. The van der Waals surface area contributed by atoms with E-state index in [0.29, 0.717) is 29.0 Å². The number of anilines is 4. The van der Waals surface area contributed by atoms with Gasteiger partial charge in [0.1, 0.15) is 10.8 Å². The molecule has 10 heteroatoms. The zero-order chi connectivity index (χ0) is 31.7. The molecule has 0 bridgehead atoms. The number of rotatable bonds is 11. The number of ether oxygens (including phenoxy) is 2. The van der Waals surface area contributed by atoms with E-state index in [-0.39, 0.29) is 16.9 Å². The molecule has 3 aliphatic rings. The van der Waals surface area contributed by atoms with Crippen molar-refractivity contribution in [1.29, 1.82) is 0 Å². The van der Waals surface area contributed by atoms with Crippen LogP contribution in [0.5, 0.6) is 5.75 Å². The second-order valence-corrected chi connectivity index (χ2v) is 14.8.